The first-order chi connectivity index (χ1) is 15.0. The average molecular weight is 496 g/mol. The molecule has 1 aromatic carbocycles. The van der Waals surface area contributed by atoms with Crippen LogP contribution in [0.5, 0.6) is 0 Å². The van der Waals surface area contributed by atoms with E-state index < -0.39 is 33.2 Å². The maximum atomic E-state index is 14.1. The number of amides is 1. The van der Waals surface area contributed by atoms with E-state index in [1.807, 2.05) is 4.90 Å². The van der Waals surface area contributed by atoms with Gasteiger partial charge in [-0.3, -0.25) is 9.69 Å². The molecule has 1 aromatic rings. The Morgan fingerprint density at radius 3 is 2.31 bits per heavy atom. The molecule has 0 spiro atoms. The van der Waals surface area contributed by atoms with Gasteiger partial charge in [-0.1, -0.05) is 18.5 Å². The summed E-state index contributed by atoms with van der Waals surface area (Å²) >= 11 is 5.74. The molecule has 32 heavy (non-hydrogen) atoms. The summed E-state index contributed by atoms with van der Waals surface area (Å²) in [6.45, 7) is 3.21. The highest BCUT2D eigenvalue weighted by atomic mass is 35.5. The molecule has 180 valence electrons. The Bertz CT molecular complexity index is 927. The van der Waals surface area contributed by atoms with Crippen LogP contribution in [0.1, 0.15) is 49.4 Å². The van der Waals surface area contributed by atoms with Gasteiger partial charge >= 0.3 is 0 Å². The summed E-state index contributed by atoms with van der Waals surface area (Å²) < 4.78 is 68.1. The van der Waals surface area contributed by atoms with Crippen molar-refractivity contribution in [1.29, 1.82) is 0 Å². The minimum Gasteiger partial charge on any atom is -0.350 e. The van der Waals surface area contributed by atoms with Crippen LogP contribution in [0.3, 0.4) is 0 Å². The second kappa shape index (κ2) is 9.87. The third-order valence-corrected chi connectivity index (χ3v) is 8.74. The Kier molecular flexibility index (Phi) is 7.79. The summed E-state index contributed by atoms with van der Waals surface area (Å²) in [5, 5.41) is 2.88. The first kappa shape index (κ1) is 25.3. The van der Waals surface area contributed by atoms with Gasteiger partial charge in [0, 0.05) is 56.1 Å². The number of carbonyl (C=O) groups excluding carboxylic acids is 1. The van der Waals surface area contributed by atoms with Crippen LogP contribution in [-0.4, -0.2) is 73.5 Å². The molecule has 3 rings (SSSR count). The molecule has 1 saturated carbocycles. The first-order valence-electron chi connectivity index (χ1n) is 10.8. The van der Waals surface area contributed by atoms with Gasteiger partial charge < -0.3 is 5.32 Å². The Labute approximate surface area is 192 Å². The van der Waals surface area contributed by atoms with Gasteiger partial charge in [0.05, 0.1) is 11.3 Å². The summed E-state index contributed by atoms with van der Waals surface area (Å²) in [5.41, 5.74) is -0.901. The standard InChI is InChI=1S/C21H29ClF3N3O3S/c1-2-13-32(30,31)28-11-9-27(10-12-28)20(5-7-21(24,25)8-6-20)15-26-19(29)17-4-3-16(22)14-18(17)23/h3-4,14H,2,5-13,15H2,1H3,(H,26,29). The number of benzene rings is 1. The molecule has 0 unspecified atom stereocenters. The fourth-order valence-corrected chi connectivity index (χ4v) is 6.18. The minimum atomic E-state index is -3.33. The van der Waals surface area contributed by atoms with E-state index in [1.54, 1.807) is 6.92 Å². The fourth-order valence-electron chi connectivity index (χ4n) is 4.53. The van der Waals surface area contributed by atoms with E-state index in [4.69, 9.17) is 11.6 Å². The summed E-state index contributed by atoms with van der Waals surface area (Å²) in [7, 11) is -3.33. The van der Waals surface area contributed by atoms with E-state index in [1.165, 1.54) is 16.4 Å². The minimum absolute atomic E-state index is 0.0751. The van der Waals surface area contributed by atoms with Gasteiger partial charge in [0.2, 0.25) is 15.9 Å². The van der Waals surface area contributed by atoms with Gasteiger partial charge in [0.25, 0.3) is 5.91 Å². The lowest BCUT2D eigenvalue weighted by atomic mass is 9.78. The van der Waals surface area contributed by atoms with Gasteiger partial charge in [-0.2, -0.15) is 4.31 Å². The summed E-state index contributed by atoms with van der Waals surface area (Å²) in [6.07, 6.45) is 0.212. The number of carbonyl (C=O) groups is 1. The predicted molar refractivity (Wildman–Crippen MR) is 117 cm³/mol. The molecule has 0 aromatic heterocycles. The predicted octanol–water partition coefficient (Wildman–Crippen LogP) is 3.51. The van der Waals surface area contributed by atoms with Crippen LogP contribution in [0.15, 0.2) is 18.2 Å². The van der Waals surface area contributed by atoms with E-state index in [-0.39, 0.29) is 61.7 Å². The molecule has 1 amide bonds. The maximum Gasteiger partial charge on any atom is 0.254 e. The van der Waals surface area contributed by atoms with Crippen LogP contribution >= 0.6 is 11.6 Å². The smallest absolute Gasteiger partial charge is 0.254 e. The molecule has 0 atom stereocenters. The van der Waals surface area contributed by atoms with Crippen LogP contribution in [0.25, 0.3) is 0 Å². The third-order valence-electron chi connectivity index (χ3n) is 6.43. The number of nitrogens with one attached hydrogen (secondary N) is 1. The van der Waals surface area contributed by atoms with Crippen molar-refractivity contribution in [2.75, 3.05) is 38.5 Å². The number of piperazine rings is 1. The van der Waals surface area contributed by atoms with E-state index in [2.05, 4.69) is 5.32 Å². The van der Waals surface area contributed by atoms with Crippen LogP contribution in [0.2, 0.25) is 5.02 Å². The third kappa shape index (κ3) is 5.76. The van der Waals surface area contributed by atoms with Crippen LogP contribution in [0, 0.1) is 5.82 Å². The van der Waals surface area contributed by atoms with Crippen LogP contribution in [-0.2, 0) is 10.0 Å². The van der Waals surface area contributed by atoms with E-state index in [0.29, 0.717) is 19.5 Å². The molecule has 11 heteroatoms. The highest BCUT2D eigenvalue weighted by molar-refractivity contribution is 7.89. The van der Waals surface area contributed by atoms with Gasteiger partial charge in [-0.05, 0) is 37.5 Å². The van der Waals surface area contributed by atoms with E-state index in [0.717, 1.165) is 6.07 Å². The Balaban J connectivity index is 1.72. The monoisotopic (exact) mass is 495 g/mol. The van der Waals surface area contributed by atoms with Gasteiger partial charge in [-0.25, -0.2) is 21.6 Å². The number of hydrogen-bond acceptors (Lipinski definition) is 4. The summed E-state index contributed by atoms with van der Waals surface area (Å²) in [5.74, 6) is -4.08. The Hall–Kier alpha value is -1.36. The molecule has 2 fully saturated rings. The molecule has 1 saturated heterocycles. The number of sulfonamides is 1. The summed E-state index contributed by atoms with van der Waals surface area (Å²) in [6, 6.07) is 3.74. The van der Waals surface area contributed by atoms with E-state index >= 15 is 0 Å². The number of nitrogens with zero attached hydrogens (tertiary/aromatic N) is 2. The highest BCUT2D eigenvalue weighted by Gasteiger charge is 2.47. The van der Waals surface area contributed by atoms with Crippen molar-refractivity contribution in [3.63, 3.8) is 0 Å². The second-order valence-corrected chi connectivity index (χ2v) is 11.1. The molecular formula is C21H29ClF3N3O3S. The fraction of sp³-hybridized carbons (Fsp3) is 0.667. The molecule has 1 aliphatic carbocycles. The summed E-state index contributed by atoms with van der Waals surface area (Å²) in [4.78, 5) is 14.6. The lowest BCUT2D eigenvalue weighted by Gasteiger charge is -2.50. The Morgan fingerprint density at radius 1 is 1.12 bits per heavy atom. The topological polar surface area (TPSA) is 69.7 Å². The first-order valence-corrected chi connectivity index (χ1v) is 12.8. The lowest BCUT2D eigenvalue weighted by molar-refractivity contribution is -0.0856. The van der Waals surface area contributed by atoms with Crippen molar-refractivity contribution in [3.8, 4) is 0 Å². The van der Waals surface area contributed by atoms with Crippen LogP contribution in [0.4, 0.5) is 13.2 Å². The normalized spacial score (nSPS) is 21.9. The van der Waals surface area contributed by atoms with Crippen LogP contribution < -0.4 is 5.32 Å². The molecule has 2 aliphatic rings. The zero-order chi connectivity index (χ0) is 23.6. The van der Waals surface area contributed by atoms with Crippen molar-refractivity contribution in [1.82, 2.24) is 14.5 Å². The lowest BCUT2D eigenvalue weighted by Crippen LogP contribution is -2.63. The average Bonchev–Trinajstić information content (AvgIpc) is 2.73. The zero-order valence-corrected chi connectivity index (χ0v) is 19.6. The van der Waals surface area contributed by atoms with E-state index in [9.17, 15) is 26.4 Å². The van der Waals surface area contributed by atoms with Crippen molar-refractivity contribution >= 4 is 27.5 Å². The van der Waals surface area contributed by atoms with Crippen molar-refractivity contribution in [3.05, 3.63) is 34.6 Å². The van der Waals surface area contributed by atoms with Crippen molar-refractivity contribution in [2.45, 2.75) is 50.5 Å². The number of halogens is 4. The second-order valence-electron chi connectivity index (χ2n) is 8.59. The molecular weight excluding hydrogens is 467 g/mol. The largest absolute Gasteiger partial charge is 0.350 e. The number of hydrogen-bond donors (Lipinski definition) is 1. The quantitative estimate of drug-likeness (QED) is 0.628. The van der Waals surface area contributed by atoms with Gasteiger partial charge in [0.15, 0.2) is 0 Å². The zero-order valence-electron chi connectivity index (χ0n) is 18.0. The molecule has 1 N–H and O–H groups in total. The molecule has 0 radical (unpaired) electrons. The molecule has 1 heterocycles. The molecule has 0 bridgehead atoms. The van der Waals surface area contributed by atoms with Gasteiger partial charge in [0.1, 0.15) is 5.82 Å². The SMILES string of the molecule is CCCS(=O)(=O)N1CCN(C2(CNC(=O)c3ccc(Cl)cc3F)CCC(F)(F)CC2)CC1. The van der Waals surface area contributed by atoms with Gasteiger partial charge in [-0.15, -0.1) is 0 Å². The Morgan fingerprint density at radius 2 is 1.75 bits per heavy atom. The number of rotatable bonds is 7. The highest BCUT2D eigenvalue weighted by Crippen LogP contribution is 2.41. The van der Waals surface area contributed by atoms with Crippen molar-refractivity contribution in [2.24, 2.45) is 0 Å². The maximum absolute atomic E-state index is 14.1. The molecule has 6 nitrogen and oxygen atoms in total. The van der Waals surface area contributed by atoms with Crippen molar-refractivity contribution < 1.29 is 26.4 Å². The number of alkyl halides is 2. The molecule has 1 aliphatic heterocycles.